The molecule has 1 aromatic rings. The lowest BCUT2D eigenvalue weighted by Crippen LogP contribution is -2.26. The van der Waals surface area contributed by atoms with E-state index in [1.807, 2.05) is 0 Å². The van der Waals surface area contributed by atoms with Crippen LogP contribution < -0.4 is 5.32 Å². The first-order chi connectivity index (χ1) is 7.13. The Hall–Kier alpha value is -0.550. The van der Waals surface area contributed by atoms with E-state index in [1.165, 1.54) is 6.07 Å². The fourth-order valence-corrected chi connectivity index (χ4v) is 1.65. The number of hydrogen-bond donors (Lipinski definition) is 2. The van der Waals surface area contributed by atoms with Gasteiger partial charge in [0.15, 0.2) is 0 Å². The second kappa shape index (κ2) is 6.12. The van der Waals surface area contributed by atoms with E-state index >= 15 is 0 Å². The van der Waals surface area contributed by atoms with E-state index in [4.69, 9.17) is 0 Å². The van der Waals surface area contributed by atoms with E-state index in [1.54, 1.807) is 12.1 Å². The van der Waals surface area contributed by atoms with Crippen LogP contribution in [0.1, 0.15) is 5.56 Å². The Balaban J connectivity index is 2.50. The molecule has 0 atom stereocenters. The monoisotopic (exact) mass is 291 g/mol. The van der Waals surface area contributed by atoms with Crippen LogP contribution in [0.5, 0.6) is 0 Å². The number of carbonyl (C=O) groups is 1. The summed E-state index contributed by atoms with van der Waals surface area (Å²) in [6.45, 7) is 0.423. The fraction of sp³-hybridized carbons (Fsp3) is 0.300. The van der Waals surface area contributed by atoms with Gasteiger partial charge in [0.25, 0.3) is 0 Å². The van der Waals surface area contributed by atoms with Crippen molar-refractivity contribution < 1.29 is 9.18 Å². The largest absolute Gasteiger partial charge is 0.355 e. The molecule has 1 aromatic carbocycles. The van der Waals surface area contributed by atoms with Crippen molar-refractivity contribution in [2.75, 3.05) is 12.3 Å². The highest BCUT2D eigenvalue weighted by atomic mass is 79.9. The number of hydrogen-bond acceptors (Lipinski definition) is 2. The number of carbonyl (C=O) groups excluding carboxylic acids is 1. The van der Waals surface area contributed by atoms with E-state index in [9.17, 15) is 9.18 Å². The number of amides is 1. The van der Waals surface area contributed by atoms with Crippen molar-refractivity contribution in [3.05, 3.63) is 34.1 Å². The second-order valence-electron chi connectivity index (χ2n) is 2.99. The summed E-state index contributed by atoms with van der Waals surface area (Å²) >= 11 is 7.08. The van der Waals surface area contributed by atoms with Crippen LogP contribution in [0.15, 0.2) is 22.7 Å². The third-order valence-corrected chi connectivity index (χ3v) is 2.65. The van der Waals surface area contributed by atoms with Crippen LogP contribution in [0.4, 0.5) is 4.39 Å². The Morgan fingerprint density at radius 2 is 2.27 bits per heavy atom. The van der Waals surface area contributed by atoms with Crippen LogP contribution in [0.25, 0.3) is 0 Å². The van der Waals surface area contributed by atoms with E-state index in [0.29, 0.717) is 18.5 Å². The molecule has 0 aliphatic rings. The maximum atomic E-state index is 13.2. The van der Waals surface area contributed by atoms with Gasteiger partial charge in [-0.15, -0.1) is 0 Å². The lowest BCUT2D eigenvalue weighted by Gasteiger charge is -2.05. The van der Waals surface area contributed by atoms with Gasteiger partial charge < -0.3 is 5.32 Å². The topological polar surface area (TPSA) is 29.1 Å². The first-order valence-corrected chi connectivity index (χ1v) is 5.87. The summed E-state index contributed by atoms with van der Waals surface area (Å²) in [6.07, 6.45) is 0.477. The van der Waals surface area contributed by atoms with Crippen molar-refractivity contribution in [2.24, 2.45) is 0 Å². The van der Waals surface area contributed by atoms with Gasteiger partial charge in [0.2, 0.25) is 5.91 Å². The predicted octanol–water partition coefficient (Wildman–Crippen LogP) is 2.18. The molecule has 0 spiro atoms. The van der Waals surface area contributed by atoms with Crippen molar-refractivity contribution in [1.29, 1.82) is 0 Å². The molecule has 0 saturated carbocycles. The van der Waals surface area contributed by atoms with Gasteiger partial charge in [-0.05, 0) is 30.2 Å². The highest BCUT2D eigenvalue weighted by Gasteiger charge is 2.03. The summed E-state index contributed by atoms with van der Waals surface area (Å²) in [7, 11) is 0. The third kappa shape index (κ3) is 4.22. The van der Waals surface area contributed by atoms with Crippen LogP contribution in [0.2, 0.25) is 0 Å². The van der Waals surface area contributed by atoms with Crippen LogP contribution in [0, 0.1) is 5.82 Å². The highest BCUT2D eigenvalue weighted by Crippen LogP contribution is 2.15. The molecule has 0 heterocycles. The van der Waals surface area contributed by atoms with Gasteiger partial charge in [0.05, 0.1) is 5.75 Å². The highest BCUT2D eigenvalue weighted by molar-refractivity contribution is 9.10. The zero-order valence-corrected chi connectivity index (χ0v) is 10.4. The lowest BCUT2D eigenvalue weighted by molar-refractivity contribution is -0.118. The van der Waals surface area contributed by atoms with Crippen LogP contribution in [-0.2, 0) is 11.2 Å². The fourth-order valence-electron chi connectivity index (χ4n) is 1.13. The van der Waals surface area contributed by atoms with Crippen LogP contribution in [-0.4, -0.2) is 18.2 Å². The molecule has 0 unspecified atom stereocenters. The molecule has 0 bridgehead atoms. The van der Waals surface area contributed by atoms with E-state index < -0.39 is 0 Å². The number of halogens is 2. The molecule has 82 valence electrons. The minimum Gasteiger partial charge on any atom is -0.355 e. The first kappa shape index (κ1) is 12.5. The van der Waals surface area contributed by atoms with Gasteiger partial charge in [0, 0.05) is 11.0 Å². The molecule has 0 aliphatic carbocycles. The van der Waals surface area contributed by atoms with E-state index in [2.05, 4.69) is 33.9 Å². The van der Waals surface area contributed by atoms with Gasteiger partial charge in [-0.3, -0.25) is 4.79 Å². The Labute approximate surface area is 102 Å². The van der Waals surface area contributed by atoms with E-state index in [-0.39, 0.29) is 17.5 Å². The molecule has 15 heavy (non-hydrogen) atoms. The quantitative estimate of drug-likeness (QED) is 0.818. The maximum Gasteiger partial charge on any atom is 0.229 e. The molecule has 0 radical (unpaired) electrons. The maximum absolute atomic E-state index is 13.2. The van der Waals surface area contributed by atoms with Crippen molar-refractivity contribution in [1.82, 2.24) is 5.32 Å². The summed E-state index contributed by atoms with van der Waals surface area (Å²) in [5.41, 5.74) is 0.587. The molecule has 0 saturated heterocycles. The van der Waals surface area contributed by atoms with E-state index in [0.717, 1.165) is 4.47 Å². The summed E-state index contributed by atoms with van der Waals surface area (Å²) in [5, 5.41) is 2.63. The minimum atomic E-state index is -0.252. The molecular weight excluding hydrogens is 281 g/mol. The molecule has 0 aromatic heterocycles. The standard InChI is InChI=1S/C10H11BrFNOS/c11-8-1-2-9(12)7(5-8)3-4-13-10(14)6-15/h1-2,5,15H,3-4,6H2,(H,13,14). The van der Waals surface area contributed by atoms with Crippen molar-refractivity contribution in [3.8, 4) is 0 Å². The minimum absolute atomic E-state index is 0.145. The summed E-state index contributed by atoms with van der Waals surface area (Å²) < 4.78 is 14.1. The molecule has 2 nitrogen and oxygen atoms in total. The Morgan fingerprint density at radius 1 is 1.53 bits per heavy atom. The molecule has 0 fully saturated rings. The van der Waals surface area contributed by atoms with Gasteiger partial charge in [-0.2, -0.15) is 12.6 Å². The number of nitrogens with one attached hydrogen (secondary N) is 1. The zero-order valence-electron chi connectivity index (χ0n) is 7.96. The van der Waals surface area contributed by atoms with Crippen molar-refractivity contribution >= 4 is 34.5 Å². The molecular formula is C10H11BrFNOS. The molecule has 1 amide bonds. The van der Waals surface area contributed by atoms with Crippen molar-refractivity contribution in [3.63, 3.8) is 0 Å². The Kier molecular flexibility index (Phi) is 5.11. The van der Waals surface area contributed by atoms with Gasteiger partial charge >= 0.3 is 0 Å². The lowest BCUT2D eigenvalue weighted by atomic mass is 10.1. The predicted molar refractivity (Wildman–Crippen MR) is 64.7 cm³/mol. The van der Waals surface area contributed by atoms with Crippen molar-refractivity contribution in [2.45, 2.75) is 6.42 Å². The molecule has 5 heteroatoms. The average Bonchev–Trinajstić information content (AvgIpc) is 2.23. The van der Waals surface area contributed by atoms with Crippen LogP contribution in [0.3, 0.4) is 0 Å². The van der Waals surface area contributed by atoms with Gasteiger partial charge in [0.1, 0.15) is 5.82 Å². The second-order valence-corrected chi connectivity index (χ2v) is 4.23. The number of rotatable bonds is 4. The van der Waals surface area contributed by atoms with Crippen LogP contribution >= 0.6 is 28.6 Å². The molecule has 1 rings (SSSR count). The molecule has 1 N–H and O–H groups in total. The summed E-state index contributed by atoms with van der Waals surface area (Å²) in [5.74, 6) is -0.243. The molecule has 0 aliphatic heterocycles. The van der Waals surface area contributed by atoms with Gasteiger partial charge in [-0.1, -0.05) is 15.9 Å². The zero-order chi connectivity index (χ0) is 11.3. The Bertz CT molecular complexity index is 359. The average molecular weight is 292 g/mol. The number of thiol groups is 1. The first-order valence-electron chi connectivity index (χ1n) is 4.45. The smallest absolute Gasteiger partial charge is 0.229 e. The Morgan fingerprint density at radius 3 is 2.93 bits per heavy atom. The SMILES string of the molecule is O=C(CS)NCCc1cc(Br)ccc1F. The third-order valence-electron chi connectivity index (χ3n) is 1.87. The summed E-state index contributed by atoms with van der Waals surface area (Å²) in [6, 6.07) is 4.76. The number of benzene rings is 1. The summed E-state index contributed by atoms with van der Waals surface area (Å²) in [4.78, 5) is 10.9. The van der Waals surface area contributed by atoms with Gasteiger partial charge in [-0.25, -0.2) is 4.39 Å². The normalized spacial score (nSPS) is 10.1.